The molecule has 0 spiro atoms. The van der Waals surface area contributed by atoms with Crippen molar-refractivity contribution >= 4 is 29.2 Å². The molecule has 92 valence electrons. The Labute approximate surface area is 114 Å². The zero-order valence-electron chi connectivity index (χ0n) is 9.06. The standard InChI is InChI=1S/C13H8Cl2O3/c14-8-5-6-11(16)9(7-8)13(17)18-12-4-2-1-3-10(12)15/h1-7,16H. The highest BCUT2D eigenvalue weighted by Crippen LogP contribution is 2.27. The second-order valence-corrected chi connectivity index (χ2v) is 4.33. The third kappa shape index (κ3) is 2.75. The predicted octanol–water partition coefficient (Wildman–Crippen LogP) is 3.92. The first kappa shape index (κ1) is 12.7. The molecular weight excluding hydrogens is 275 g/mol. The summed E-state index contributed by atoms with van der Waals surface area (Å²) in [7, 11) is 0. The molecule has 0 aliphatic rings. The van der Waals surface area contributed by atoms with Crippen LogP contribution < -0.4 is 4.74 Å². The molecule has 0 saturated heterocycles. The number of phenols is 1. The van der Waals surface area contributed by atoms with Gasteiger partial charge in [0.25, 0.3) is 0 Å². The topological polar surface area (TPSA) is 46.5 Å². The van der Waals surface area contributed by atoms with Gasteiger partial charge in [-0.1, -0.05) is 35.3 Å². The number of hydrogen-bond donors (Lipinski definition) is 1. The zero-order valence-corrected chi connectivity index (χ0v) is 10.6. The highest BCUT2D eigenvalue weighted by atomic mass is 35.5. The fraction of sp³-hybridized carbons (Fsp3) is 0. The number of benzene rings is 2. The van der Waals surface area contributed by atoms with E-state index in [1.54, 1.807) is 24.3 Å². The zero-order chi connectivity index (χ0) is 13.1. The maximum Gasteiger partial charge on any atom is 0.347 e. The van der Waals surface area contributed by atoms with Crippen LogP contribution in [0.2, 0.25) is 10.0 Å². The number of ether oxygens (including phenoxy) is 1. The van der Waals surface area contributed by atoms with Gasteiger partial charge in [0.1, 0.15) is 17.1 Å². The molecule has 18 heavy (non-hydrogen) atoms. The van der Waals surface area contributed by atoms with Crippen LogP contribution in [-0.4, -0.2) is 11.1 Å². The van der Waals surface area contributed by atoms with E-state index in [0.29, 0.717) is 10.0 Å². The maximum atomic E-state index is 11.8. The van der Waals surface area contributed by atoms with Crippen LogP contribution in [0.15, 0.2) is 42.5 Å². The lowest BCUT2D eigenvalue weighted by molar-refractivity contribution is 0.0732. The Hall–Kier alpha value is -1.71. The average molecular weight is 283 g/mol. The van der Waals surface area contributed by atoms with Crippen LogP contribution in [0.1, 0.15) is 10.4 Å². The van der Waals surface area contributed by atoms with Crippen LogP contribution in [0.3, 0.4) is 0 Å². The molecule has 0 radical (unpaired) electrons. The van der Waals surface area contributed by atoms with Crippen molar-refractivity contribution < 1.29 is 14.6 Å². The van der Waals surface area contributed by atoms with Gasteiger partial charge in [-0.15, -0.1) is 0 Å². The normalized spacial score (nSPS) is 10.1. The van der Waals surface area contributed by atoms with Gasteiger partial charge in [-0.05, 0) is 30.3 Å². The Morgan fingerprint density at radius 1 is 1.11 bits per heavy atom. The molecule has 2 aromatic rings. The van der Waals surface area contributed by atoms with E-state index < -0.39 is 5.97 Å². The number of aromatic hydroxyl groups is 1. The molecule has 0 bridgehead atoms. The molecule has 0 heterocycles. The molecule has 0 amide bonds. The first-order valence-electron chi connectivity index (χ1n) is 5.03. The smallest absolute Gasteiger partial charge is 0.347 e. The Morgan fingerprint density at radius 3 is 2.56 bits per heavy atom. The molecule has 2 aromatic carbocycles. The van der Waals surface area contributed by atoms with Gasteiger partial charge in [-0.3, -0.25) is 0 Å². The Bertz CT molecular complexity index is 597. The maximum absolute atomic E-state index is 11.8. The van der Waals surface area contributed by atoms with Crippen LogP contribution in [0, 0.1) is 0 Å². The number of hydrogen-bond acceptors (Lipinski definition) is 3. The summed E-state index contributed by atoms with van der Waals surface area (Å²) in [4.78, 5) is 11.8. The van der Waals surface area contributed by atoms with Crippen LogP contribution in [0.25, 0.3) is 0 Å². The molecule has 3 nitrogen and oxygen atoms in total. The Kier molecular flexibility index (Phi) is 3.75. The summed E-state index contributed by atoms with van der Waals surface area (Å²) in [5.74, 6) is -0.692. The van der Waals surface area contributed by atoms with Crippen molar-refractivity contribution in [3.63, 3.8) is 0 Å². The largest absolute Gasteiger partial charge is 0.507 e. The van der Waals surface area contributed by atoms with E-state index in [0.717, 1.165) is 0 Å². The first-order valence-corrected chi connectivity index (χ1v) is 5.79. The predicted molar refractivity (Wildman–Crippen MR) is 69.5 cm³/mol. The average Bonchev–Trinajstić information content (AvgIpc) is 2.35. The summed E-state index contributed by atoms with van der Waals surface area (Å²) >= 11 is 11.6. The molecule has 0 fully saturated rings. The van der Waals surface area contributed by atoms with Gasteiger partial charge in [0.15, 0.2) is 0 Å². The van der Waals surface area contributed by atoms with Crippen LogP contribution in [0.4, 0.5) is 0 Å². The number of halogens is 2. The summed E-state index contributed by atoms with van der Waals surface area (Å²) in [6.07, 6.45) is 0. The Morgan fingerprint density at radius 2 is 1.83 bits per heavy atom. The number of rotatable bonds is 2. The lowest BCUT2D eigenvalue weighted by Gasteiger charge is -2.07. The number of phenolic OH excluding ortho intramolecular Hbond substituents is 1. The van der Waals surface area contributed by atoms with Crippen molar-refractivity contribution in [3.05, 3.63) is 58.1 Å². The fourth-order valence-corrected chi connectivity index (χ4v) is 1.70. The van der Waals surface area contributed by atoms with E-state index in [9.17, 15) is 9.90 Å². The van der Waals surface area contributed by atoms with Crippen molar-refractivity contribution in [2.75, 3.05) is 0 Å². The molecule has 0 atom stereocenters. The SMILES string of the molecule is O=C(Oc1ccccc1Cl)c1cc(Cl)ccc1O. The monoisotopic (exact) mass is 282 g/mol. The van der Waals surface area contributed by atoms with Gasteiger partial charge < -0.3 is 9.84 Å². The van der Waals surface area contributed by atoms with Crippen LogP contribution in [-0.2, 0) is 0 Å². The van der Waals surface area contributed by atoms with Gasteiger partial charge in [-0.25, -0.2) is 4.79 Å². The minimum atomic E-state index is -0.719. The van der Waals surface area contributed by atoms with Crippen molar-refractivity contribution in [2.24, 2.45) is 0 Å². The molecule has 0 saturated carbocycles. The lowest BCUT2D eigenvalue weighted by Crippen LogP contribution is -2.09. The van der Waals surface area contributed by atoms with Crippen molar-refractivity contribution in [2.45, 2.75) is 0 Å². The van der Waals surface area contributed by atoms with E-state index in [4.69, 9.17) is 27.9 Å². The van der Waals surface area contributed by atoms with Crippen LogP contribution in [0.5, 0.6) is 11.5 Å². The number of carbonyl (C=O) groups excluding carboxylic acids is 1. The third-order valence-corrected chi connectivity index (χ3v) is 2.77. The van der Waals surface area contributed by atoms with Gasteiger partial charge in [0.05, 0.1) is 5.02 Å². The number of esters is 1. The Balaban J connectivity index is 2.28. The second kappa shape index (κ2) is 5.29. The highest BCUT2D eigenvalue weighted by molar-refractivity contribution is 6.32. The highest BCUT2D eigenvalue weighted by Gasteiger charge is 2.15. The molecular formula is C13H8Cl2O3. The van der Waals surface area contributed by atoms with Gasteiger partial charge in [0, 0.05) is 5.02 Å². The van der Waals surface area contributed by atoms with Gasteiger partial charge >= 0.3 is 5.97 Å². The van der Waals surface area contributed by atoms with E-state index >= 15 is 0 Å². The molecule has 2 rings (SSSR count). The van der Waals surface area contributed by atoms with Gasteiger partial charge in [0.2, 0.25) is 0 Å². The quantitative estimate of drug-likeness (QED) is 0.671. The first-order chi connectivity index (χ1) is 8.58. The molecule has 1 N–H and O–H groups in total. The molecule has 5 heteroatoms. The summed E-state index contributed by atoms with van der Waals surface area (Å²) in [5.41, 5.74) is -0.0116. The second-order valence-electron chi connectivity index (χ2n) is 3.48. The summed E-state index contributed by atoms with van der Waals surface area (Å²) < 4.78 is 5.08. The minimum absolute atomic E-state index is 0.0116. The van der Waals surface area contributed by atoms with Crippen LogP contribution >= 0.6 is 23.2 Å². The van der Waals surface area contributed by atoms with Gasteiger partial charge in [-0.2, -0.15) is 0 Å². The minimum Gasteiger partial charge on any atom is -0.507 e. The van der Waals surface area contributed by atoms with E-state index in [1.807, 2.05) is 0 Å². The number of para-hydroxylation sites is 1. The van der Waals surface area contributed by atoms with E-state index in [2.05, 4.69) is 0 Å². The third-order valence-electron chi connectivity index (χ3n) is 2.22. The summed E-state index contributed by atoms with van der Waals surface area (Å²) in [6, 6.07) is 10.7. The lowest BCUT2D eigenvalue weighted by atomic mass is 10.2. The van der Waals surface area contributed by atoms with Crippen molar-refractivity contribution in [1.29, 1.82) is 0 Å². The fourth-order valence-electron chi connectivity index (χ4n) is 1.35. The van der Waals surface area contributed by atoms with E-state index in [1.165, 1.54) is 18.2 Å². The molecule has 0 unspecified atom stereocenters. The summed E-state index contributed by atoms with van der Waals surface area (Å²) in [5, 5.41) is 10.2. The molecule has 0 aromatic heterocycles. The summed E-state index contributed by atoms with van der Waals surface area (Å²) in [6.45, 7) is 0. The van der Waals surface area contributed by atoms with E-state index in [-0.39, 0.29) is 17.1 Å². The van der Waals surface area contributed by atoms with Crippen molar-refractivity contribution in [3.8, 4) is 11.5 Å². The molecule has 0 aliphatic carbocycles. The number of carbonyl (C=O) groups is 1. The molecule has 0 aliphatic heterocycles. The van der Waals surface area contributed by atoms with Crippen molar-refractivity contribution in [1.82, 2.24) is 0 Å².